The number of carboxylic acids is 1. The van der Waals surface area contributed by atoms with Crippen molar-refractivity contribution in [3.05, 3.63) is 21.6 Å². The SMILES string of the molecule is O=C(O)c1c(C2C3CC4CC(C3)CC2C4)[nH][nH]c1=O. The molecule has 0 spiro atoms. The van der Waals surface area contributed by atoms with Gasteiger partial charge in [0, 0.05) is 5.92 Å². The Labute approximate surface area is 110 Å². The highest BCUT2D eigenvalue weighted by molar-refractivity contribution is 5.88. The molecule has 1 aromatic rings. The van der Waals surface area contributed by atoms with E-state index in [-0.39, 0.29) is 11.5 Å². The van der Waals surface area contributed by atoms with Crippen LogP contribution in [-0.4, -0.2) is 21.3 Å². The molecule has 102 valence electrons. The van der Waals surface area contributed by atoms with Crippen LogP contribution in [0.1, 0.15) is 54.1 Å². The van der Waals surface area contributed by atoms with Gasteiger partial charge in [0.2, 0.25) is 0 Å². The van der Waals surface area contributed by atoms with Crippen LogP contribution in [-0.2, 0) is 0 Å². The van der Waals surface area contributed by atoms with Crippen LogP contribution in [0, 0.1) is 23.7 Å². The number of aromatic carboxylic acids is 1. The molecule has 0 unspecified atom stereocenters. The lowest BCUT2D eigenvalue weighted by molar-refractivity contribution is -0.00454. The molecule has 0 aromatic carbocycles. The standard InChI is InChI=1S/C14H18N2O3/c17-13-11(14(18)19)12(15-16-13)10-8-2-6-1-7(4-8)5-9(10)3-6/h6-10H,1-5H2,(H,18,19)(H2,15,16,17). The second-order valence-corrected chi connectivity index (χ2v) is 6.63. The lowest BCUT2D eigenvalue weighted by atomic mass is 9.51. The molecule has 5 nitrogen and oxygen atoms in total. The fourth-order valence-corrected chi connectivity index (χ4v) is 5.23. The molecule has 5 heteroatoms. The molecule has 1 aromatic heterocycles. The zero-order chi connectivity index (χ0) is 13.1. The van der Waals surface area contributed by atoms with Crippen LogP contribution in [0.2, 0.25) is 0 Å². The van der Waals surface area contributed by atoms with Crippen molar-refractivity contribution in [3.63, 3.8) is 0 Å². The molecular formula is C14H18N2O3. The van der Waals surface area contributed by atoms with Gasteiger partial charge >= 0.3 is 5.97 Å². The van der Waals surface area contributed by atoms with E-state index in [9.17, 15) is 14.7 Å². The summed E-state index contributed by atoms with van der Waals surface area (Å²) in [5.74, 6) is 1.97. The summed E-state index contributed by atoms with van der Waals surface area (Å²) < 4.78 is 0. The molecule has 4 aliphatic rings. The molecule has 3 N–H and O–H groups in total. The van der Waals surface area contributed by atoms with Crippen molar-refractivity contribution in [1.29, 1.82) is 0 Å². The largest absolute Gasteiger partial charge is 0.477 e. The van der Waals surface area contributed by atoms with Crippen molar-refractivity contribution >= 4 is 5.97 Å². The minimum absolute atomic E-state index is 0.0579. The first-order valence-electron chi connectivity index (χ1n) is 7.17. The number of H-pyrrole nitrogens is 2. The maximum atomic E-state index is 11.6. The summed E-state index contributed by atoms with van der Waals surface area (Å²) >= 11 is 0. The molecular weight excluding hydrogens is 244 g/mol. The van der Waals surface area contributed by atoms with Crippen molar-refractivity contribution in [2.24, 2.45) is 23.7 Å². The summed E-state index contributed by atoms with van der Waals surface area (Å²) in [4.78, 5) is 22.9. The molecule has 5 rings (SSSR count). The molecule has 0 radical (unpaired) electrons. The third-order valence-corrected chi connectivity index (χ3v) is 5.58. The van der Waals surface area contributed by atoms with E-state index in [4.69, 9.17) is 0 Å². The number of hydrogen-bond donors (Lipinski definition) is 3. The minimum Gasteiger partial charge on any atom is -0.477 e. The molecule has 0 amide bonds. The highest BCUT2D eigenvalue weighted by atomic mass is 16.4. The number of aromatic nitrogens is 2. The maximum absolute atomic E-state index is 11.6. The van der Waals surface area contributed by atoms with E-state index in [1.165, 1.54) is 32.1 Å². The summed E-state index contributed by atoms with van der Waals surface area (Å²) in [7, 11) is 0. The first kappa shape index (κ1) is 11.3. The van der Waals surface area contributed by atoms with Crippen LogP contribution in [0.25, 0.3) is 0 Å². The van der Waals surface area contributed by atoms with Crippen molar-refractivity contribution < 1.29 is 9.90 Å². The molecule has 19 heavy (non-hydrogen) atoms. The van der Waals surface area contributed by atoms with E-state index >= 15 is 0 Å². The fourth-order valence-electron chi connectivity index (χ4n) is 5.23. The van der Waals surface area contributed by atoms with Gasteiger partial charge in [-0.1, -0.05) is 0 Å². The van der Waals surface area contributed by atoms with E-state index in [2.05, 4.69) is 10.2 Å². The highest BCUT2D eigenvalue weighted by Gasteiger charge is 2.50. The highest BCUT2D eigenvalue weighted by Crippen LogP contribution is 2.59. The zero-order valence-electron chi connectivity index (χ0n) is 10.7. The topological polar surface area (TPSA) is 85.9 Å². The van der Waals surface area contributed by atoms with Crippen LogP contribution < -0.4 is 5.56 Å². The third kappa shape index (κ3) is 1.53. The lowest BCUT2D eigenvalue weighted by Crippen LogP contribution is -2.44. The third-order valence-electron chi connectivity index (χ3n) is 5.58. The summed E-state index contributed by atoms with van der Waals surface area (Å²) in [6, 6.07) is 0. The van der Waals surface area contributed by atoms with Crippen LogP contribution in [0.3, 0.4) is 0 Å². The average molecular weight is 262 g/mol. The van der Waals surface area contributed by atoms with Gasteiger partial charge in [-0.3, -0.25) is 9.89 Å². The lowest BCUT2D eigenvalue weighted by Gasteiger charge is -2.54. The molecule has 0 saturated heterocycles. The van der Waals surface area contributed by atoms with Gasteiger partial charge < -0.3 is 10.2 Å². The fraction of sp³-hybridized carbons (Fsp3) is 0.714. The van der Waals surface area contributed by atoms with Gasteiger partial charge in [0.05, 0.1) is 5.69 Å². The number of aromatic amines is 2. The Kier molecular flexibility index (Phi) is 2.23. The van der Waals surface area contributed by atoms with Crippen molar-refractivity contribution in [2.75, 3.05) is 0 Å². The van der Waals surface area contributed by atoms with Crippen molar-refractivity contribution in [1.82, 2.24) is 10.2 Å². The smallest absolute Gasteiger partial charge is 0.343 e. The Bertz CT molecular complexity index is 558. The van der Waals surface area contributed by atoms with Crippen LogP contribution in [0.5, 0.6) is 0 Å². The molecule has 4 bridgehead atoms. The Morgan fingerprint density at radius 3 is 2.11 bits per heavy atom. The second kappa shape index (κ2) is 3.74. The summed E-state index contributed by atoms with van der Waals surface area (Å²) in [6.45, 7) is 0. The number of carboxylic acid groups (broad SMARTS) is 1. The Balaban J connectivity index is 1.77. The predicted octanol–water partition coefficient (Wildman–Crippen LogP) is 1.94. The Morgan fingerprint density at radius 2 is 1.58 bits per heavy atom. The summed E-state index contributed by atoms with van der Waals surface area (Å²) in [5, 5.41) is 14.6. The first-order valence-corrected chi connectivity index (χ1v) is 7.17. The van der Waals surface area contributed by atoms with E-state index in [0.717, 1.165) is 11.8 Å². The number of carbonyl (C=O) groups is 1. The van der Waals surface area contributed by atoms with Crippen LogP contribution in [0.15, 0.2) is 4.79 Å². The predicted molar refractivity (Wildman–Crippen MR) is 68.2 cm³/mol. The van der Waals surface area contributed by atoms with Gasteiger partial charge in [0.25, 0.3) is 5.56 Å². The van der Waals surface area contributed by atoms with E-state index in [0.29, 0.717) is 17.5 Å². The van der Waals surface area contributed by atoms with Gasteiger partial charge in [-0.05, 0) is 55.8 Å². The first-order chi connectivity index (χ1) is 9.13. The number of hydrogen-bond acceptors (Lipinski definition) is 2. The van der Waals surface area contributed by atoms with Gasteiger partial charge in [-0.25, -0.2) is 4.79 Å². The second-order valence-electron chi connectivity index (χ2n) is 6.63. The van der Waals surface area contributed by atoms with Gasteiger partial charge in [0.1, 0.15) is 5.56 Å². The Hall–Kier alpha value is -1.52. The van der Waals surface area contributed by atoms with E-state index < -0.39 is 11.5 Å². The molecule has 0 atom stereocenters. The molecule has 0 aliphatic heterocycles. The normalized spacial score (nSPS) is 39.7. The van der Waals surface area contributed by atoms with Gasteiger partial charge in [-0.15, -0.1) is 0 Å². The van der Waals surface area contributed by atoms with Crippen molar-refractivity contribution in [2.45, 2.75) is 38.0 Å². The van der Waals surface area contributed by atoms with Crippen molar-refractivity contribution in [3.8, 4) is 0 Å². The number of rotatable bonds is 2. The molecule has 4 saturated carbocycles. The average Bonchev–Trinajstić information content (AvgIpc) is 2.69. The zero-order valence-corrected chi connectivity index (χ0v) is 10.7. The quantitative estimate of drug-likeness (QED) is 0.761. The van der Waals surface area contributed by atoms with Gasteiger partial charge in [-0.2, -0.15) is 0 Å². The Morgan fingerprint density at radius 1 is 1.00 bits per heavy atom. The monoisotopic (exact) mass is 262 g/mol. The van der Waals surface area contributed by atoms with E-state index in [1.54, 1.807) is 0 Å². The minimum atomic E-state index is -1.11. The van der Waals surface area contributed by atoms with E-state index in [1.807, 2.05) is 0 Å². The molecule has 4 fully saturated rings. The summed E-state index contributed by atoms with van der Waals surface area (Å²) in [6.07, 6.45) is 6.22. The van der Waals surface area contributed by atoms with Crippen LogP contribution >= 0.6 is 0 Å². The summed E-state index contributed by atoms with van der Waals surface area (Å²) in [5.41, 5.74) is 0.111. The maximum Gasteiger partial charge on any atom is 0.343 e. The molecule has 4 aliphatic carbocycles. The molecule has 1 heterocycles. The number of nitrogens with one attached hydrogen (secondary N) is 2. The van der Waals surface area contributed by atoms with Crippen LogP contribution in [0.4, 0.5) is 0 Å². The van der Waals surface area contributed by atoms with Gasteiger partial charge in [0.15, 0.2) is 0 Å².